The van der Waals surface area contributed by atoms with Crippen LogP contribution in [0.15, 0.2) is 30.5 Å². The van der Waals surface area contributed by atoms with Crippen molar-refractivity contribution in [1.82, 2.24) is 4.98 Å². The monoisotopic (exact) mass is 389 g/mol. The van der Waals surface area contributed by atoms with Crippen molar-refractivity contribution in [3.8, 4) is 17.2 Å². The van der Waals surface area contributed by atoms with Gasteiger partial charge in [0, 0.05) is 48.9 Å². The van der Waals surface area contributed by atoms with E-state index in [0.29, 0.717) is 43.2 Å². The van der Waals surface area contributed by atoms with Crippen LogP contribution in [0, 0.1) is 0 Å². The van der Waals surface area contributed by atoms with Gasteiger partial charge < -0.3 is 34.6 Å². The smallest absolute Gasteiger partial charge is 0.203 e. The summed E-state index contributed by atoms with van der Waals surface area (Å²) in [6, 6.07) is 7.50. The molecule has 8 nitrogen and oxygen atoms in total. The number of rotatable bonds is 7. The Hall–Kier alpha value is -2.71. The Labute approximate surface area is 164 Å². The SMILES string of the molecule is COc1cc(Nc2ccnc(N3CCC(O)(CO)CC3)c2)cc(OC)c1OC. The van der Waals surface area contributed by atoms with Gasteiger partial charge in [-0.1, -0.05) is 0 Å². The van der Waals surface area contributed by atoms with Crippen molar-refractivity contribution in [1.29, 1.82) is 0 Å². The first-order chi connectivity index (χ1) is 13.5. The molecular weight excluding hydrogens is 362 g/mol. The Morgan fingerprint density at radius 2 is 1.68 bits per heavy atom. The molecule has 3 N–H and O–H groups in total. The predicted octanol–water partition coefficient (Wildman–Crippen LogP) is 2.17. The molecule has 1 fully saturated rings. The van der Waals surface area contributed by atoms with E-state index in [9.17, 15) is 10.2 Å². The summed E-state index contributed by atoms with van der Waals surface area (Å²) in [5.41, 5.74) is 0.671. The van der Waals surface area contributed by atoms with Gasteiger partial charge >= 0.3 is 0 Å². The summed E-state index contributed by atoms with van der Waals surface area (Å²) in [7, 11) is 4.73. The summed E-state index contributed by atoms with van der Waals surface area (Å²) in [4.78, 5) is 6.55. The molecule has 8 heteroatoms. The number of ether oxygens (including phenoxy) is 3. The molecule has 1 aliphatic heterocycles. The number of piperidine rings is 1. The van der Waals surface area contributed by atoms with Crippen molar-refractivity contribution < 1.29 is 24.4 Å². The summed E-state index contributed by atoms with van der Waals surface area (Å²) < 4.78 is 16.1. The zero-order chi connectivity index (χ0) is 20.1. The minimum atomic E-state index is -0.984. The lowest BCUT2D eigenvalue weighted by molar-refractivity contribution is -0.0326. The van der Waals surface area contributed by atoms with Gasteiger partial charge in [0.1, 0.15) is 5.82 Å². The van der Waals surface area contributed by atoms with E-state index in [2.05, 4.69) is 15.2 Å². The average molecular weight is 389 g/mol. The van der Waals surface area contributed by atoms with Gasteiger partial charge in [0.05, 0.1) is 33.5 Å². The Bertz CT molecular complexity index is 781. The van der Waals surface area contributed by atoms with Gasteiger partial charge in [-0.2, -0.15) is 0 Å². The number of hydrogen-bond donors (Lipinski definition) is 3. The van der Waals surface area contributed by atoms with Gasteiger partial charge in [-0.25, -0.2) is 4.98 Å². The van der Waals surface area contributed by atoms with Crippen molar-refractivity contribution in [2.45, 2.75) is 18.4 Å². The lowest BCUT2D eigenvalue weighted by Crippen LogP contribution is -2.46. The molecule has 28 heavy (non-hydrogen) atoms. The van der Waals surface area contributed by atoms with E-state index < -0.39 is 5.60 Å². The minimum absolute atomic E-state index is 0.211. The molecule has 0 aliphatic carbocycles. The predicted molar refractivity (Wildman–Crippen MR) is 107 cm³/mol. The van der Waals surface area contributed by atoms with Crippen LogP contribution in [-0.4, -0.2) is 61.8 Å². The number of pyridine rings is 1. The maximum absolute atomic E-state index is 10.2. The van der Waals surface area contributed by atoms with Gasteiger partial charge in [-0.3, -0.25) is 0 Å². The first kappa shape index (κ1) is 20.0. The Kier molecular flexibility index (Phi) is 6.11. The minimum Gasteiger partial charge on any atom is -0.493 e. The molecule has 1 saturated heterocycles. The number of nitrogens with one attached hydrogen (secondary N) is 1. The third-order valence-corrected chi connectivity index (χ3v) is 5.01. The first-order valence-electron chi connectivity index (χ1n) is 9.13. The molecule has 0 amide bonds. The molecule has 0 radical (unpaired) electrons. The fraction of sp³-hybridized carbons (Fsp3) is 0.450. The Morgan fingerprint density at radius 1 is 1.04 bits per heavy atom. The molecule has 0 saturated carbocycles. The molecule has 1 aromatic carbocycles. The second-order valence-corrected chi connectivity index (χ2v) is 6.81. The number of anilines is 3. The van der Waals surface area contributed by atoms with Crippen molar-refractivity contribution >= 4 is 17.2 Å². The summed E-state index contributed by atoms with van der Waals surface area (Å²) in [5.74, 6) is 2.49. The van der Waals surface area contributed by atoms with Gasteiger partial charge in [0.2, 0.25) is 5.75 Å². The highest BCUT2D eigenvalue weighted by Gasteiger charge is 2.32. The molecule has 2 aromatic rings. The second kappa shape index (κ2) is 8.53. The third-order valence-electron chi connectivity index (χ3n) is 5.01. The summed E-state index contributed by atoms with van der Waals surface area (Å²) in [5, 5.41) is 22.8. The van der Waals surface area contributed by atoms with Gasteiger partial charge in [0.25, 0.3) is 0 Å². The number of methoxy groups -OCH3 is 3. The van der Waals surface area contributed by atoms with Crippen LogP contribution in [0.1, 0.15) is 12.8 Å². The lowest BCUT2D eigenvalue weighted by Gasteiger charge is -2.37. The summed E-state index contributed by atoms with van der Waals surface area (Å²) in [6.45, 7) is 1.06. The van der Waals surface area contributed by atoms with E-state index in [-0.39, 0.29) is 6.61 Å². The highest BCUT2D eigenvalue weighted by molar-refractivity contribution is 5.69. The van der Waals surface area contributed by atoms with E-state index in [1.165, 1.54) is 0 Å². The first-order valence-corrected chi connectivity index (χ1v) is 9.13. The maximum Gasteiger partial charge on any atom is 0.203 e. The number of aliphatic hydroxyl groups excluding tert-OH is 1. The largest absolute Gasteiger partial charge is 0.493 e. The van der Waals surface area contributed by atoms with Crippen LogP contribution in [0.5, 0.6) is 17.2 Å². The molecule has 0 spiro atoms. The van der Waals surface area contributed by atoms with Crippen LogP contribution in [0.2, 0.25) is 0 Å². The van der Waals surface area contributed by atoms with Crippen LogP contribution in [0.3, 0.4) is 0 Å². The fourth-order valence-electron chi connectivity index (χ4n) is 3.30. The van der Waals surface area contributed by atoms with Crippen LogP contribution >= 0.6 is 0 Å². The lowest BCUT2D eigenvalue weighted by atomic mass is 9.92. The van der Waals surface area contributed by atoms with Crippen LogP contribution in [0.4, 0.5) is 17.2 Å². The normalized spacial score (nSPS) is 15.8. The second-order valence-electron chi connectivity index (χ2n) is 6.81. The van der Waals surface area contributed by atoms with Crippen molar-refractivity contribution in [3.63, 3.8) is 0 Å². The van der Waals surface area contributed by atoms with Gasteiger partial charge in [-0.15, -0.1) is 0 Å². The standard InChI is InChI=1S/C20H27N3O5/c1-26-16-10-15(11-17(27-2)19(16)28-3)22-14-4-7-21-18(12-14)23-8-5-20(25,13-24)6-9-23/h4,7,10-12,24-25H,5-6,8-9,13H2,1-3H3,(H,21,22). The molecule has 0 atom stereocenters. The van der Waals surface area contributed by atoms with E-state index in [4.69, 9.17) is 14.2 Å². The fourth-order valence-corrected chi connectivity index (χ4v) is 3.30. The number of aromatic nitrogens is 1. The molecule has 2 heterocycles. The zero-order valence-corrected chi connectivity index (χ0v) is 16.4. The number of nitrogens with zero attached hydrogens (tertiary/aromatic N) is 2. The number of benzene rings is 1. The van der Waals surface area contributed by atoms with Gasteiger partial charge in [0.15, 0.2) is 11.5 Å². The Morgan fingerprint density at radius 3 is 2.21 bits per heavy atom. The van der Waals surface area contributed by atoms with Crippen molar-refractivity contribution in [2.75, 3.05) is 51.2 Å². The summed E-state index contributed by atoms with van der Waals surface area (Å²) in [6.07, 6.45) is 2.76. The quantitative estimate of drug-likeness (QED) is 0.663. The molecule has 1 aromatic heterocycles. The molecule has 3 rings (SSSR count). The van der Waals surface area contributed by atoms with Crippen LogP contribution in [-0.2, 0) is 0 Å². The Balaban J connectivity index is 1.78. The van der Waals surface area contributed by atoms with E-state index in [1.807, 2.05) is 24.3 Å². The molecule has 0 bridgehead atoms. The van der Waals surface area contributed by atoms with Crippen LogP contribution in [0.25, 0.3) is 0 Å². The summed E-state index contributed by atoms with van der Waals surface area (Å²) >= 11 is 0. The van der Waals surface area contributed by atoms with Crippen molar-refractivity contribution in [3.05, 3.63) is 30.5 Å². The van der Waals surface area contributed by atoms with Crippen LogP contribution < -0.4 is 24.4 Å². The molecular formula is C20H27N3O5. The average Bonchev–Trinajstić information content (AvgIpc) is 2.73. The van der Waals surface area contributed by atoms with E-state index in [1.54, 1.807) is 27.5 Å². The molecule has 0 unspecified atom stereocenters. The maximum atomic E-state index is 10.2. The highest BCUT2D eigenvalue weighted by atomic mass is 16.5. The topological polar surface area (TPSA) is 96.3 Å². The highest BCUT2D eigenvalue weighted by Crippen LogP contribution is 2.40. The zero-order valence-electron chi connectivity index (χ0n) is 16.4. The number of hydrogen-bond acceptors (Lipinski definition) is 8. The van der Waals surface area contributed by atoms with Crippen molar-refractivity contribution in [2.24, 2.45) is 0 Å². The molecule has 1 aliphatic rings. The number of aliphatic hydroxyl groups is 2. The molecule has 152 valence electrons. The third kappa shape index (κ3) is 4.23. The van der Waals surface area contributed by atoms with E-state index >= 15 is 0 Å². The van der Waals surface area contributed by atoms with Gasteiger partial charge in [-0.05, 0) is 18.9 Å². The van der Waals surface area contributed by atoms with E-state index in [0.717, 1.165) is 17.2 Å².